The third kappa shape index (κ3) is 5.25. The first kappa shape index (κ1) is 37.1. The number of hydrogen-bond donors (Lipinski definition) is 0. The molecule has 286 valence electrons. The molecule has 0 N–H and O–H groups in total. The lowest BCUT2D eigenvalue weighted by molar-refractivity contribution is 0.103. The summed E-state index contributed by atoms with van der Waals surface area (Å²) in [6, 6.07) is 21.3. The molecule has 2 aromatic heterocycles. The largest absolute Gasteiger partial charge is 0.289 e. The number of fused-ring (bicyclic) bond motifs is 9. The number of thiophene rings is 2. The minimum absolute atomic E-state index is 0.00339. The van der Waals surface area contributed by atoms with E-state index in [1.54, 1.807) is 24.3 Å². The van der Waals surface area contributed by atoms with E-state index in [1.165, 1.54) is 33.8 Å². The number of carbonyl (C=O) groups is 2. The highest BCUT2D eigenvalue weighted by molar-refractivity contribution is 7.20. The highest BCUT2D eigenvalue weighted by atomic mass is 32.1. The zero-order chi connectivity index (χ0) is 41.8. The van der Waals surface area contributed by atoms with Crippen molar-refractivity contribution in [3.05, 3.63) is 161 Å². The van der Waals surface area contributed by atoms with E-state index in [9.17, 15) is 42.9 Å². The van der Waals surface area contributed by atoms with Crippen LogP contribution < -0.4 is 0 Å². The third-order valence-corrected chi connectivity index (χ3v) is 14.1. The van der Waals surface area contributed by atoms with Crippen molar-refractivity contribution in [2.75, 3.05) is 0 Å². The Kier molecular flexibility index (Phi) is 8.29. The van der Waals surface area contributed by atoms with E-state index in [-0.39, 0.29) is 55.5 Å². The summed E-state index contributed by atoms with van der Waals surface area (Å²) in [5, 5.41) is 31.2. The van der Waals surface area contributed by atoms with Crippen LogP contribution in [0.25, 0.3) is 59.4 Å². The topological polar surface area (TPSA) is 110 Å². The first-order chi connectivity index (χ1) is 29.0. The van der Waals surface area contributed by atoms with Crippen LogP contribution in [0.4, 0.5) is 17.6 Å². The molecule has 4 aliphatic rings. The molecule has 0 bridgehead atoms. The highest BCUT2D eigenvalue weighted by Crippen LogP contribution is 2.58. The van der Waals surface area contributed by atoms with Gasteiger partial charge in [-0.15, -0.1) is 22.7 Å². The fourth-order valence-corrected chi connectivity index (χ4v) is 11.5. The number of rotatable bonds is 2. The molecule has 0 unspecified atom stereocenters. The van der Waals surface area contributed by atoms with Crippen LogP contribution in [0.3, 0.4) is 0 Å². The first-order valence-electron chi connectivity index (χ1n) is 18.7. The number of nitrogens with zero attached hydrogens (tertiary/aromatic N) is 4. The average Bonchev–Trinajstić information content (AvgIpc) is 4.01. The smallest absolute Gasteiger partial charge is 0.270 e. The van der Waals surface area contributed by atoms with E-state index < -0.39 is 40.5 Å². The fraction of sp³-hybridized carbons (Fsp3) is 0.125. The molecule has 0 saturated heterocycles. The van der Waals surface area contributed by atoms with Crippen LogP contribution in [-0.2, 0) is 5.41 Å². The van der Waals surface area contributed by atoms with Crippen LogP contribution >= 0.6 is 22.7 Å². The second kappa shape index (κ2) is 13.4. The molecule has 0 aliphatic heterocycles. The number of halogens is 4. The number of carbonyl (C=O) groups excluding carboxylic acids is 2. The van der Waals surface area contributed by atoms with Gasteiger partial charge in [0.05, 0.1) is 12.6 Å². The van der Waals surface area contributed by atoms with Gasteiger partial charge in [0.25, 0.3) is 5.70 Å². The van der Waals surface area contributed by atoms with Crippen LogP contribution in [0, 0.1) is 63.8 Å². The second-order valence-corrected chi connectivity index (χ2v) is 17.4. The van der Waals surface area contributed by atoms with Crippen LogP contribution in [-0.4, -0.2) is 11.6 Å². The van der Waals surface area contributed by atoms with Crippen LogP contribution in [0.2, 0.25) is 0 Å². The molecule has 1 saturated carbocycles. The summed E-state index contributed by atoms with van der Waals surface area (Å²) in [5.41, 5.74) is 3.20. The average molecular weight is 827 g/mol. The second-order valence-electron chi connectivity index (χ2n) is 15.1. The molecule has 60 heavy (non-hydrogen) atoms. The van der Waals surface area contributed by atoms with Gasteiger partial charge in [0.2, 0.25) is 0 Å². The van der Waals surface area contributed by atoms with Gasteiger partial charge < -0.3 is 0 Å². The summed E-state index contributed by atoms with van der Waals surface area (Å²) in [6.45, 7) is 7.58. The standard InChI is InChI=1S/C48H22F4N4O2S2/c1-56-41(21-55)45-30-14-38(50)40(52)16-32(30)47(58)34(45)12-26-8-23-10-36-28(18-43(23)60-26)27-17-42-22(9-35(27)48(36)5-3-2-4-6-48)7-25(59-42)11-33-44(24(19-53)20-54)29-13-37(49)39(51)15-31(29)46(33)57/h7-18H,2-6H2/b33-11-,34-12-,45-41-. The molecule has 4 aliphatic carbocycles. The predicted molar refractivity (Wildman–Crippen MR) is 221 cm³/mol. The van der Waals surface area contributed by atoms with Gasteiger partial charge in [0.1, 0.15) is 17.7 Å². The highest BCUT2D eigenvalue weighted by Gasteiger charge is 2.44. The minimum atomic E-state index is -1.21. The molecule has 6 nitrogen and oxygen atoms in total. The van der Waals surface area contributed by atoms with Crippen molar-refractivity contribution in [2.24, 2.45) is 0 Å². The summed E-state index contributed by atoms with van der Waals surface area (Å²) in [7, 11) is 0. The lowest BCUT2D eigenvalue weighted by Gasteiger charge is -2.36. The molecule has 0 atom stereocenters. The Balaban J connectivity index is 1.10. The van der Waals surface area contributed by atoms with Crippen LogP contribution in [0.5, 0.6) is 0 Å². The quantitative estimate of drug-likeness (QED) is 0.0747. The van der Waals surface area contributed by atoms with E-state index in [0.717, 1.165) is 87.7 Å². The van der Waals surface area contributed by atoms with E-state index in [1.807, 2.05) is 18.2 Å². The van der Waals surface area contributed by atoms with Gasteiger partial charge in [-0.3, -0.25) is 9.59 Å². The Morgan fingerprint density at radius 1 is 0.600 bits per heavy atom. The molecular weight excluding hydrogens is 805 g/mol. The predicted octanol–water partition coefficient (Wildman–Crippen LogP) is 12.4. The summed E-state index contributed by atoms with van der Waals surface area (Å²) in [4.78, 5) is 31.9. The van der Waals surface area contributed by atoms with Gasteiger partial charge in [0.15, 0.2) is 34.8 Å². The summed E-state index contributed by atoms with van der Waals surface area (Å²) < 4.78 is 59.2. The number of hydrogen-bond acceptors (Lipinski definition) is 7. The van der Waals surface area contributed by atoms with Gasteiger partial charge >= 0.3 is 0 Å². The fourth-order valence-electron chi connectivity index (χ4n) is 9.48. The molecule has 12 heteroatoms. The van der Waals surface area contributed by atoms with Gasteiger partial charge in [0, 0.05) is 58.0 Å². The summed E-state index contributed by atoms with van der Waals surface area (Å²) >= 11 is 2.82. The van der Waals surface area contributed by atoms with Crippen molar-refractivity contribution in [2.45, 2.75) is 37.5 Å². The lowest BCUT2D eigenvalue weighted by Crippen LogP contribution is -2.28. The zero-order valence-corrected chi connectivity index (χ0v) is 32.5. The van der Waals surface area contributed by atoms with Crippen LogP contribution in [0.1, 0.15) is 84.8 Å². The maximum atomic E-state index is 14.4. The Morgan fingerprint density at radius 3 is 1.50 bits per heavy atom. The van der Waals surface area contributed by atoms with Crippen molar-refractivity contribution >= 4 is 77.7 Å². The Morgan fingerprint density at radius 2 is 1.05 bits per heavy atom. The maximum Gasteiger partial charge on any atom is 0.270 e. The number of allylic oxidation sites excluding steroid dienone is 6. The minimum Gasteiger partial charge on any atom is -0.289 e. The molecule has 0 radical (unpaired) electrons. The van der Waals surface area contributed by atoms with E-state index in [0.29, 0.717) is 9.75 Å². The number of benzene rings is 4. The summed E-state index contributed by atoms with van der Waals surface area (Å²) in [6.07, 6.45) is 8.16. The Hall–Kier alpha value is -7.22. The van der Waals surface area contributed by atoms with Crippen molar-refractivity contribution in [1.82, 2.24) is 0 Å². The molecule has 1 spiro atoms. The normalized spacial score (nSPS) is 18.0. The molecule has 2 heterocycles. The third-order valence-electron chi connectivity index (χ3n) is 12.1. The number of Topliss-reactive ketones (excluding diaryl/α,β-unsaturated/α-hetero) is 2. The molecule has 0 amide bonds. The lowest BCUT2D eigenvalue weighted by atomic mass is 9.67. The van der Waals surface area contributed by atoms with Crippen LogP contribution in [0.15, 0.2) is 83.1 Å². The van der Waals surface area contributed by atoms with E-state index in [2.05, 4.69) is 29.1 Å². The van der Waals surface area contributed by atoms with Crippen molar-refractivity contribution in [3.8, 4) is 29.3 Å². The van der Waals surface area contributed by atoms with Crippen molar-refractivity contribution in [3.63, 3.8) is 0 Å². The van der Waals surface area contributed by atoms with Gasteiger partial charge in [-0.05, 0) is 130 Å². The molecule has 4 aromatic carbocycles. The Labute approximate surface area is 347 Å². The SMILES string of the molecule is [C-]#[N+]/C(C#N)=C1\C(=C\c2cc3cc4c(cc3s2)-c2cc3sc(/C=C5\C(=O)c6cc(F)c(F)cc6C5=C(C#N)C#N)cc3cc2C42CCCCC2)C(=O)c2cc(F)c(F)cc21. The molecular formula is C48H22F4N4O2S2. The first-order valence-corrected chi connectivity index (χ1v) is 20.4. The summed E-state index contributed by atoms with van der Waals surface area (Å²) in [5.74, 6) is -6.01. The molecule has 1 fully saturated rings. The maximum absolute atomic E-state index is 14.4. The van der Waals surface area contributed by atoms with Gasteiger partial charge in [-0.25, -0.2) is 27.7 Å². The van der Waals surface area contributed by atoms with Crippen molar-refractivity contribution < 1.29 is 27.2 Å². The number of nitriles is 3. The zero-order valence-electron chi connectivity index (χ0n) is 30.9. The molecule has 6 aromatic rings. The van der Waals surface area contributed by atoms with Gasteiger partial charge in [-0.1, -0.05) is 19.3 Å². The van der Waals surface area contributed by atoms with E-state index in [4.69, 9.17) is 6.57 Å². The Bertz CT molecular complexity index is 3130. The van der Waals surface area contributed by atoms with Gasteiger partial charge in [-0.2, -0.15) is 10.5 Å². The van der Waals surface area contributed by atoms with E-state index >= 15 is 0 Å². The number of ketones is 2. The van der Waals surface area contributed by atoms with Crippen molar-refractivity contribution in [1.29, 1.82) is 15.8 Å². The molecule has 10 rings (SSSR count). The monoisotopic (exact) mass is 826 g/mol.